The molecule has 2 aromatic rings. The Bertz CT molecular complexity index is 813. The molecule has 0 spiro atoms. The molecule has 3 rings (SSSR count). The highest BCUT2D eigenvalue weighted by atomic mass is 32.1. The van der Waals surface area contributed by atoms with Crippen molar-refractivity contribution in [1.82, 2.24) is 10.3 Å². The molecule has 0 amide bonds. The summed E-state index contributed by atoms with van der Waals surface area (Å²) < 4.78 is 10.2. The molecule has 1 aliphatic rings. The molecule has 2 heterocycles. The van der Waals surface area contributed by atoms with E-state index in [9.17, 15) is 9.90 Å². The molecule has 0 radical (unpaired) electrons. The normalized spacial score (nSPS) is 16.9. The van der Waals surface area contributed by atoms with Crippen molar-refractivity contribution >= 4 is 23.3 Å². The topological polar surface area (TPSA) is 93.0 Å². The van der Waals surface area contributed by atoms with E-state index in [2.05, 4.69) is 15.3 Å². The number of aromatic hydroxyl groups is 1. The summed E-state index contributed by atoms with van der Waals surface area (Å²) in [6, 6.07) is 6.03. The highest BCUT2D eigenvalue weighted by Gasteiger charge is 2.29. The van der Waals surface area contributed by atoms with E-state index in [4.69, 9.17) is 9.47 Å². The van der Waals surface area contributed by atoms with E-state index >= 15 is 0 Å². The molecule has 1 atom stereocenters. The van der Waals surface area contributed by atoms with Gasteiger partial charge < -0.3 is 19.9 Å². The summed E-state index contributed by atoms with van der Waals surface area (Å²) in [5.41, 5.74) is 3.84. The van der Waals surface area contributed by atoms with Gasteiger partial charge >= 0.3 is 6.16 Å². The molecule has 2 N–H and O–H groups in total. The van der Waals surface area contributed by atoms with Gasteiger partial charge in [0.05, 0.1) is 17.8 Å². The SMILES string of the molecule is CCOC(=O)OC1=C(C)NC(c2cscn2)=NC1c1ccc(O)cc1. The van der Waals surface area contributed by atoms with Gasteiger partial charge in [-0.2, -0.15) is 0 Å². The number of hydrogen-bond donors (Lipinski definition) is 2. The second-order valence-electron chi connectivity index (χ2n) is 5.24. The first kappa shape index (κ1) is 17.0. The predicted octanol–water partition coefficient (Wildman–Crippen LogP) is 3.34. The summed E-state index contributed by atoms with van der Waals surface area (Å²) in [5.74, 6) is 1.09. The van der Waals surface area contributed by atoms with E-state index in [0.717, 1.165) is 5.56 Å². The number of benzene rings is 1. The van der Waals surface area contributed by atoms with Crippen LogP contribution in [0, 0.1) is 0 Å². The number of ether oxygens (including phenoxy) is 2. The maximum absolute atomic E-state index is 11.8. The Hall–Kier alpha value is -2.87. The Morgan fingerprint density at radius 2 is 2.12 bits per heavy atom. The quantitative estimate of drug-likeness (QED) is 0.813. The number of thiazole rings is 1. The number of hydrogen-bond acceptors (Lipinski definition) is 8. The molecule has 1 aliphatic heterocycles. The second-order valence-corrected chi connectivity index (χ2v) is 5.96. The number of carbonyl (C=O) groups is 1. The Morgan fingerprint density at radius 3 is 2.76 bits per heavy atom. The van der Waals surface area contributed by atoms with Crippen LogP contribution in [0.4, 0.5) is 4.79 Å². The number of aliphatic imine (C=N–C) groups is 1. The van der Waals surface area contributed by atoms with Crippen molar-refractivity contribution in [3.63, 3.8) is 0 Å². The van der Waals surface area contributed by atoms with Crippen LogP contribution in [0.2, 0.25) is 0 Å². The number of amidine groups is 1. The first-order chi connectivity index (χ1) is 12.1. The zero-order valence-electron chi connectivity index (χ0n) is 13.7. The standard InChI is InChI=1S/C17H17N3O4S/c1-3-23-17(22)24-15-10(2)19-16(13-8-25-9-18-13)20-14(15)11-4-6-12(21)7-5-11/h4-9,14,21H,3H2,1-2H3,(H,19,20). The third-order valence-electron chi connectivity index (χ3n) is 3.52. The van der Waals surface area contributed by atoms with Crippen LogP contribution in [0.15, 0.2) is 51.6 Å². The maximum Gasteiger partial charge on any atom is 0.513 e. The molecule has 1 aromatic heterocycles. The van der Waals surface area contributed by atoms with Gasteiger partial charge in [-0.05, 0) is 31.5 Å². The van der Waals surface area contributed by atoms with Gasteiger partial charge in [0, 0.05) is 5.38 Å². The van der Waals surface area contributed by atoms with Gasteiger partial charge in [-0.3, -0.25) is 0 Å². The first-order valence-electron chi connectivity index (χ1n) is 7.66. The largest absolute Gasteiger partial charge is 0.513 e. The van der Waals surface area contributed by atoms with E-state index < -0.39 is 12.2 Å². The minimum atomic E-state index is -0.783. The van der Waals surface area contributed by atoms with Crippen molar-refractivity contribution in [3.8, 4) is 5.75 Å². The molecule has 1 aromatic carbocycles. The summed E-state index contributed by atoms with van der Waals surface area (Å²) in [7, 11) is 0. The molecule has 8 heteroatoms. The number of phenolic OH excluding ortho intramolecular Hbond substituents is 1. The summed E-state index contributed by atoms with van der Waals surface area (Å²) in [4.78, 5) is 20.7. The lowest BCUT2D eigenvalue weighted by atomic mass is 10.0. The molecular weight excluding hydrogens is 342 g/mol. The number of allylic oxidation sites excluding steroid dienone is 1. The third-order valence-corrected chi connectivity index (χ3v) is 4.11. The van der Waals surface area contributed by atoms with E-state index in [1.807, 2.05) is 5.38 Å². The fraction of sp³-hybridized carbons (Fsp3) is 0.235. The lowest BCUT2D eigenvalue weighted by Gasteiger charge is -2.25. The van der Waals surface area contributed by atoms with E-state index in [0.29, 0.717) is 23.0 Å². The van der Waals surface area contributed by atoms with Gasteiger partial charge in [-0.25, -0.2) is 14.8 Å². The van der Waals surface area contributed by atoms with Gasteiger partial charge in [0.15, 0.2) is 11.6 Å². The van der Waals surface area contributed by atoms with Crippen LogP contribution in [0.25, 0.3) is 0 Å². The Morgan fingerprint density at radius 1 is 1.36 bits per heavy atom. The van der Waals surface area contributed by atoms with Crippen LogP contribution in [-0.2, 0) is 9.47 Å². The summed E-state index contributed by atoms with van der Waals surface area (Å²) in [5, 5.41) is 14.5. The van der Waals surface area contributed by atoms with Crippen LogP contribution in [-0.4, -0.2) is 28.7 Å². The van der Waals surface area contributed by atoms with E-state index in [1.165, 1.54) is 11.3 Å². The van der Waals surface area contributed by atoms with Crippen LogP contribution >= 0.6 is 11.3 Å². The zero-order valence-corrected chi connectivity index (χ0v) is 14.5. The van der Waals surface area contributed by atoms with Crippen molar-refractivity contribution in [1.29, 1.82) is 0 Å². The molecule has 0 fully saturated rings. The number of aromatic nitrogens is 1. The minimum absolute atomic E-state index is 0.148. The van der Waals surface area contributed by atoms with Crippen LogP contribution in [0.3, 0.4) is 0 Å². The van der Waals surface area contributed by atoms with Gasteiger partial charge in [0.25, 0.3) is 0 Å². The van der Waals surface area contributed by atoms with Gasteiger partial charge in [0.2, 0.25) is 0 Å². The molecular formula is C17H17N3O4S. The molecule has 7 nitrogen and oxygen atoms in total. The smallest absolute Gasteiger partial charge is 0.508 e. The molecule has 25 heavy (non-hydrogen) atoms. The highest BCUT2D eigenvalue weighted by Crippen LogP contribution is 2.33. The Balaban J connectivity index is 1.98. The molecule has 1 unspecified atom stereocenters. The van der Waals surface area contributed by atoms with Gasteiger partial charge in [0.1, 0.15) is 17.5 Å². The molecule has 0 saturated carbocycles. The first-order valence-corrected chi connectivity index (χ1v) is 8.60. The Kier molecular flexibility index (Phi) is 4.99. The lowest BCUT2D eigenvalue weighted by molar-refractivity contribution is 0.0763. The summed E-state index contributed by atoms with van der Waals surface area (Å²) in [6.07, 6.45) is -0.783. The second kappa shape index (κ2) is 7.35. The summed E-state index contributed by atoms with van der Waals surface area (Å²) >= 11 is 1.47. The Labute approximate surface area is 148 Å². The maximum atomic E-state index is 11.8. The minimum Gasteiger partial charge on any atom is -0.508 e. The number of nitrogens with zero attached hydrogens (tertiary/aromatic N) is 2. The average molecular weight is 359 g/mol. The lowest BCUT2D eigenvalue weighted by Crippen LogP contribution is -2.31. The number of nitrogens with one attached hydrogen (secondary N) is 1. The van der Waals surface area contributed by atoms with Crippen molar-refractivity contribution in [2.24, 2.45) is 4.99 Å². The zero-order chi connectivity index (χ0) is 17.8. The number of rotatable bonds is 4. The fourth-order valence-corrected chi connectivity index (χ4v) is 2.91. The highest BCUT2D eigenvalue weighted by molar-refractivity contribution is 7.07. The monoisotopic (exact) mass is 359 g/mol. The van der Waals surface area contributed by atoms with Crippen molar-refractivity contribution in [2.45, 2.75) is 19.9 Å². The van der Waals surface area contributed by atoms with Crippen LogP contribution in [0.5, 0.6) is 5.75 Å². The van der Waals surface area contributed by atoms with Crippen molar-refractivity contribution in [3.05, 3.63) is 57.9 Å². The fourth-order valence-electron chi connectivity index (χ4n) is 2.38. The van der Waals surface area contributed by atoms with Gasteiger partial charge in [-0.15, -0.1) is 11.3 Å². The van der Waals surface area contributed by atoms with Crippen molar-refractivity contribution in [2.75, 3.05) is 6.61 Å². The van der Waals surface area contributed by atoms with Crippen LogP contribution < -0.4 is 5.32 Å². The van der Waals surface area contributed by atoms with Gasteiger partial charge in [-0.1, -0.05) is 12.1 Å². The molecule has 130 valence electrons. The average Bonchev–Trinajstić information content (AvgIpc) is 3.12. The molecule has 0 aliphatic carbocycles. The summed E-state index contributed by atoms with van der Waals surface area (Å²) in [6.45, 7) is 3.72. The van der Waals surface area contributed by atoms with E-state index in [1.54, 1.807) is 43.6 Å². The predicted molar refractivity (Wildman–Crippen MR) is 93.4 cm³/mol. The number of carbonyl (C=O) groups excluding carboxylic acids is 1. The van der Waals surface area contributed by atoms with E-state index in [-0.39, 0.29) is 12.4 Å². The third kappa shape index (κ3) is 3.80. The molecule has 0 bridgehead atoms. The van der Waals surface area contributed by atoms with Crippen LogP contribution in [0.1, 0.15) is 31.1 Å². The molecule has 0 saturated heterocycles. The number of phenols is 1. The van der Waals surface area contributed by atoms with Crippen molar-refractivity contribution < 1.29 is 19.4 Å².